The molecule has 0 radical (unpaired) electrons. The zero-order valence-corrected chi connectivity index (χ0v) is 21.2. The number of benzene rings is 3. The van der Waals surface area contributed by atoms with Crippen LogP contribution in [0.4, 0.5) is 0 Å². The molecule has 1 aliphatic rings. The van der Waals surface area contributed by atoms with Crippen LogP contribution < -0.4 is 5.32 Å². The summed E-state index contributed by atoms with van der Waals surface area (Å²) >= 11 is 1.69. The third-order valence-electron chi connectivity index (χ3n) is 6.92. The van der Waals surface area contributed by atoms with E-state index in [9.17, 15) is 4.79 Å². The Labute approximate surface area is 218 Å². The maximum atomic E-state index is 13.2. The lowest BCUT2D eigenvalue weighted by atomic mass is 9.88. The molecule has 3 aromatic carbocycles. The molecular formula is C32H32N2OS. The fourth-order valence-electron chi connectivity index (χ4n) is 5.03. The van der Waals surface area contributed by atoms with Gasteiger partial charge >= 0.3 is 0 Å². The van der Waals surface area contributed by atoms with Crippen molar-refractivity contribution in [3.8, 4) is 0 Å². The summed E-state index contributed by atoms with van der Waals surface area (Å²) in [6, 6.07) is 33.7. The van der Waals surface area contributed by atoms with Crippen LogP contribution in [-0.2, 0) is 0 Å². The Hall–Kier alpha value is -3.47. The van der Waals surface area contributed by atoms with Crippen molar-refractivity contribution < 1.29 is 4.79 Å². The molecule has 1 saturated heterocycles. The zero-order chi connectivity index (χ0) is 24.6. The van der Waals surface area contributed by atoms with Crippen molar-refractivity contribution in [2.75, 3.05) is 19.6 Å². The van der Waals surface area contributed by atoms with Crippen LogP contribution in [0.3, 0.4) is 0 Å². The lowest BCUT2D eigenvalue weighted by molar-refractivity contribution is 0.0937. The number of carbonyl (C=O) groups is 1. The second-order valence-electron chi connectivity index (χ2n) is 9.36. The van der Waals surface area contributed by atoms with Gasteiger partial charge in [-0.25, -0.2) is 0 Å². The maximum absolute atomic E-state index is 13.2. The molecule has 1 unspecified atom stereocenters. The summed E-state index contributed by atoms with van der Waals surface area (Å²) in [5, 5.41) is 5.36. The number of hydrogen-bond acceptors (Lipinski definition) is 3. The standard InChI is InChI=1S/C32H32N2OS/c35-32(31-16-8-7-14-27(31)17-18-29-15-9-23-36-29)33-28-19-21-34(24-28)22-20-30(25-10-3-1-4-11-25)26-12-5-2-6-13-26/h1-18,23,28,30H,19-22,24H2,(H,33,35)/b18-17+. The van der Waals surface area contributed by atoms with Crippen LogP contribution in [0.15, 0.2) is 102 Å². The first-order valence-corrected chi connectivity index (χ1v) is 13.6. The van der Waals surface area contributed by atoms with Crippen LogP contribution in [0, 0.1) is 0 Å². The molecule has 182 valence electrons. The first-order valence-electron chi connectivity index (χ1n) is 12.7. The van der Waals surface area contributed by atoms with Gasteiger partial charge in [0.05, 0.1) is 0 Å². The number of thiophene rings is 1. The van der Waals surface area contributed by atoms with Gasteiger partial charge in [0.2, 0.25) is 0 Å². The number of hydrogen-bond donors (Lipinski definition) is 1. The first kappa shape index (κ1) is 24.2. The summed E-state index contributed by atoms with van der Waals surface area (Å²) in [6.07, 6.45) is 6.16. The SMILES string of the molecule is O=C(NC1CCN(CCC(c2ccccc2)c2ccccc2)C1)c1ccccc1/C=C/c1cccs1. The molecule has 5 rings (SSSR count). The normalized spacial score (nSPS) is 16.1. The number of rotatable bonds is 9. The molecule has 1 N–H and O–H groups in total. The fourth-order valence-corrected chi connectivity index (χ4v) is 5.65. The zero-order valence-electron chi connectivity index (χ0n) is 20.4. The molecule has 1 aliphatic heterocycles. The highest BCUT2D eigenvalue weighted by atomic mass is 32.1. The predicted octanol–water partition coefficient (Wildman–Crippen LogP) is 6.94. The van der Waals surface area contributed by atoms with Crippen molar-refractivity contribution in [3.05, 3.63) is 130 Å². The molecule has 2 heterocycles. The Morgan fingerprint density at radius 1 is 0.889 bits per heavy atom. The Balaban J connectivity index is 1.19. The largest absolute Gasteiger partial charge is 0.348 e. The Morgan fingerprint density at radius 3 is 2.28 bits per heavy atom. The third kappa shape index (κ3) is 6.20. The molecule has 0 saturated carbocycles. The topological polar surface area (TPSA) is 32.3 Å². The van der Waals surface area contributed by atoms with Gasteiger partial charge in [0.15, 0.2) is 0 Å². The van der Waals surface area contributed by atoms with Gasteiger partial charge in [0, 0.05) is 35.5 Å². The summed E-state index contributed by atoms with van der Waals surface area (Å²) in [4.78, 5) is 16.8. The molecule has 3 nitrogen and oxygen atoms in total. The van der Waals surface area contributed by atoms with Gasteiger partial charge in [0.25, 0.3) is 5.91 Å². The number of carbonyl (C=O) groups excluding carboxylic acids is 1. The Bertz CT molecular complexity index is 1230. The number of amides is 1. The molecule has 0 spiro atoms. The van der Waals surface area contributed by atoms with E-state index >= 15 is 0 Å². The van der Waals surface area contributed by atoms with E-state index in [1.54, 1.807) is 11.3 Å². The number of nitrogens with one attached hydrogen (secondary N) is 1. The second kappa shape index (κ2) is 12.0. The average Bonchev–Trinajstić information content (AvgIpc) is 3.61. The van der Waals surface area contributed by atoms with Gasteiger partial charge in [-0.3, -0.25) is 4.79 Å². The van der Waals surface area contributed by atoms with Gasteiger partial charge in [-0.2, -0.15) is 0 Å². The molecular weight excluding hydrogens is 460 g/mol. The van der Waals surface area contributed by atoms with Crippen molar-refractivity contribution in [1.29, 1.82) is 0 Å². The third-order valence-corrected chi connectivity index (χ3v) is 7.76. The molecule has 1 aromatic heterocycles. The van der Waals surface area contributed by atoms with E-state index in [1.165, 1.54) is 16.0 Å². The highest BCUT2D eigenvalue weighted by Crippen LogP contribution is 2.28. The van der Waals surface area contributed by atoms with E-state index in [-0.39, 0.29) is 11.9 Å². The molecule has 36 heavy (non-hydrogen) atoms. The molecule has 4 aromatic rings. The Kier molecular flexibility index (Phi) is 8.06. The van der Waals surface area contributed by atoms with Crippen LogP contribution in [0.2, 0.25) is 0 Å². The first-order chi connectivity index (χ1) is 17.8. The maximum Gasteiger partial charge on any atom is 0.252 e. The fraction of sp³-hybridized carbons (Fsp3) is 0.219. The highest BCUT2D eigenvalue weighted by Gasteiger charge is 2.25. The monoisotopic (exact) mass is 492 g/mol. The van der Waals surface area contributed by atoms with Gasteiger partial charge < -0.3 is 10.2 Å². The second-order valence-corrected chi connectivity index (χ2v) is 10.3. The lowest BCUT2D eigenvalue weighted by Gasteiger charge is -2.22. The van der Waals surface area contributed by atoms with Crippen molar-refractivity contribution in [2.45, 2.75) is 24.8 Å². The van der Waals surface area contributed by atoms with Gasteiger partial charge in [0.1, 0.15) is 0 Å². The number of nitrogens with zero attached hydrogens (tertiary/aromatic N) is 1. The van der Waals surface area contributed by atoms with Crippen LogP contribution in [0.1, 0.15) is 50.7 Å². The van der Waals surface area contributed by atoms with E-state index in [4.69, 9.17) is 0 Å². The minimum Gasteiger partial charge on any atom is -0.348 e. The smallest absolute Gasteiger partial charge is 0.252 e. The van der Waals surface area contributed by atoms with E-state index in [1.807, 2.05) is 36.4 Å². The van der Waals surface area contributed by atoms with E-state index < -0.39 is 0 Å². The molecule has 4 heteroatoms. The summed E-state index contributed by atoms with van der Waals surface area (Å²) < 4.78 is 0. The van der Waals surface area contributed by atoms with E-state index in [0.29, 0.717) is 5.92 Å². The van der Waals surface area contributed by atoms with Crippen LogP contribution >= 0.6 is 11.3 Å². The molecule has 0 bridgehead atoms. The summed E-state index contributed by atoms with van der Waals surface area (Å²) in [6.45, 7) is 2.93. The number of likely N-dealkylation sites (tertiary alicyclic amines) is 1. The predicted molar refractivity (Wildman–Crippen MR) is 151 cm³/mol. The van der Waals surface area contributed by atoms with Crippen LogP contribution in [0.25, 0.3) is 12.2 Å². The molecule has 1 atom stereocenters. The Morgan fingerprint density at radius 2 is 1.58 bits per heavy atom. The van der Waals surface area contributed by atoms with Crippen molar-refractivity contribution in [2.24, 2.45) is 0 Å². The molecule has 0 aliphatic carbocycles. The lowest BCUT2D eigenvalue weighted by Crippen LogP contribution is -2.37. The molecule has 1 amide bonds. The highest BCUT2D eigenvalue weighted by molar-refractivity contribution is 7.10. The van der Waals surface area contributed by atoms with Crippen molar-refractivity contribution >= 4 is 29.4 Å². The summed E-state index contributed by atoms with van der Waals surface area (Å²) in [5.41, 5.74) is 4.41. The van der Waals surface area contributed by atoms with E-state index in [2.05, 4.69) is 88.4 Å². The molecule has 1 fully saturated rings. The van der Waals surface area contributed by atoms with Gasteiger partial charge in [-0.1, -0.05) is 91.0 Å². The minimum absolute atomic E-state index is 0.0136. The average molecular weight is 493 g/mol. The van der Waals surface area contributed by atoms with Crippen LogP contribution in [-0.4, -0.2) is 36.5 Å². The summed E-state index contributed by atoms with van der Waals surface area (Å²) in [5.74, 6) is 0.391. The van der Waals surface area contributed by atoms with Gasteiger partial charge in [-0.05, 0) is 59.7 Å². The van der Waals surface area contributed by atoms with Crippen molar-refractivity contribution in [3.63, 3.8) is 0 Å². The quantitative estimate of drug-likeness (QED) is 0.274. The van der Waals surface area contributed by atoms with Crippen LogP contribution in [0.5, 0.6) is 0 Å². The minimum atomic E-state index is 0.0136. The van der Waals surface area contributed by atoms with Gasteiger partial charge in [-0.15, -0.1) is 11.3 Å². The van der Waals surface area contributed by atoms with E-state index in [0.717, 1.165) is 43.6 Å². The van der Waals surface area contributed by atoms with Crippen molar-refractivity contribution in [1.82, 2.24) is 10.2 Å². The summed E-state index contributed by atoms with van der Waals surface area (Å²) in [7, 11) is 0.